The maximum absolute atomic E-state index is 11.8. The van der Waals surface area contributed by atoms with Gasteiger partial charge in [0, 0.05) is 13.5 Å². The highest BCUT2D eigenvalue weighted by Crippen LogP contribution is 2.29. The first kappa shape index (κ1) is 12.3. The first-order valence-electron chi connectivity index (χ1n) is 6.38. The van der Waals surface area contributed by atoms with E-state index in [0.29, 0.717) is 11.8 Å². The van der Waals surface area contributed by atoms with Crippen LogP contribution in [0.4, 0.5) is 0 Å². The average Bonchev–Trinajstić information content (AvgIpc) is 2.71. The summed E-state index contributed by atoms with van der Waals surface area (Å²) >= 11 is 0. The highest BCUT2D eigenvalue weighted by Gasteiger charge is 2.26. The molecule has 1 amide bonds. The van der Waals surface area contributed by atoms with Crippen LogP contribution in [-0.2, 0) is 9.53 Å². The zero-order valence-electron chi connectivity index (χ0n) is 10.6. The third-order valence-corrected chi connectivity index (χ3v) is 3.41. The quantitative estimate of drug-likeness (QED) is 0.763. The predicted octanol–water partition coefficient (Wildman–Crippen LogP) is 2.16. The monoisotopic (exact) mass is 236 g/mol. The Hall–Kier alpha value is -1.16. The van der Waals surface area contributed by atoms with E-state index in [9.17, 15) is 4.79 Å². The molecule has 0 radical (unpaired) electrons. The van der Waals surface area contributed by atoms with Crippen LogP contribution in [0.5, 0.6) is 0 Å². The van der Waals surface area contributed by atoms with Crippen LogP contribution < -0.4 is 5.32 Å². The van der Waals surface area contributed by atoms with E-state index in [0.717, 1.165) is 44.4 Å². The molecule has 0 spiro atoms. The van der Waals surface area contributed by atoms with E-state index in [1.165, 1.54) is 5.57 Å². The number of allylic oxidation sites excluding steroid dienone is 1. The molecule has 2 aliphatic rings. The molecule has 0 saturated heterocycles. The van der Waals surface area contributed by atoms with Crippen LogP contribution >= 0.6 is 0 Å². The third kappa shape index (κ3) is 2.75. The minimum atomic E-state index is -0.0145. The summed E-state index contributed by atoms with van der Waals surface area (Å²) in [5.74, 6) is 0.813. The number of hydrogen-bond donors (Lipinski definition) is 1. The van der Waals surface area contributed by atoms with Crippen LogP contribution in [0.2, 0.25) is 0 Å². The lowest BCUT2D eigenvalue weighted by Crippen LogP contribution is -2.24. The normalized spacial score (nSPS) is 24.9. The first-order valence-corrected chi connectivity index (χ1v) is 6.38. The molecule has 1 fully saturated rings. The summed E-state index contributed by atoms with van der Waals surface area (Å²) in [7, 11) is 1.75. The van der Waals surface area contributed by atoms with Crippen molar-refractivity contribution in [3.8, 4) is 0 Å². The Balaban J connectivity index is 2.08. The maximum Gasteiger partial charge on any atom is 0.275 e. The van der Waals surface area contributed by atoms with E-state index in [-0.39, 0.29) is 5.91 Å². The molecule has 1 saturated carbocycles. The number of amidine groups is 1. The molecule has 4 heteroatoms. The van der Waals surface area contributed by atoms with Crippen LogP contribution in [0.25, 0.3) is 0 Å². The van der Waals surface area contributed by atoms with Crippen LogP contribution in [0, 0.1) is 0 Å². The summed E-state index contributed by atoms with van der Waals surface area (Å²) < 4.78 is 5.33. The van der Waals surface area contributed by atoms with E-state index < -0.39 is 0 Å². The van der Waals surface area contributed by atoms with Gasteiger partial charge in [0.2, 0.25) is 0 Å². The summed E-state index contributed by atoms with van der Waals surface area (Å²) in [6.45, 7) is 2.09. The van der Waals surface area contributed by atoms with Gasteiger partial charge in [0.05, 0.1) is 6.10 Å². The topological polar surface area (TPSA) is 50.7 Å². The van der Waals surface area contributed by atoms with Gasteiger partial charge in [0.1, 0.15) is 11.5 Å². The highest BCUT2D eigenvalue weighted by molar-refractivity contribution is 6.12. The molecule has 1 aliphatic heterocycles. The van der Waals surface area contributed by atoms with Crippen LogP contribution in [-0.4, -0.2) is 25.0 Å². The molecule has 94 valence electrons. The van der Waals surface area contributed by atoms with E-state index in [1.807, 2.05) is 0 Å². The fraction of sp³-hybridized carbons (Fsp3) is 0.692. The summed E-state index contributed by atoms with van der Waals surface area (Å²) in [5.41, 5.74) is 1.87. The third-order valence-electron chi connectivity index (χ3n) is 3.41. The van der Waals surface area contributed by atoms with E-state index in [2.05, 4.69) is 17.2 Å². The Morgan fingerprint density at radius 3 is 2.71 bits per heavy atom. The molecule has 1 aliphatic carbocycles. The predicted molar refractivity (Wildman–Crippen MR) is 66.8 cm³/mol. The van der Waals surface area contributed by atoms with Crippen molar-refractivity contribution >= 4 is 11.7 Å². The molecule has 4 nitrogen and oxygen atoms in total. The SMILES string of the molecule is CCCC1=NC(=C2CCC(OC)CC2)C(=O)N1. The van der Waals surface area contributed by atoms with Crippen molar-refractivity contribution in [2.45, 2.75) is 51.6 Å². The highest BCUT2D eigenvalue weighted by atomic mass is 16.5. The van der Waals surface area contributed by atoms with Crippen molar-refractivity contribution in [3.05, 3.63) is 11.3 Å². The standard InChI is InChI=1S/C13H20N2O2/c1-3-4-11-14-12(13(16)15-11)9-5-7-10(17-2)8-6-9/h10H,3-8H2,1-2H3,(H,14,15,16). The number of aliphatic imine (C=N–C) groups is 1. The van der Waals surface area contributed by atoms with Gasteiger partial charge in [-0.3, -0.25) is 4.79 Å². The summed E-state index contributed by atoms with van der Waals surface area (Å²) in [5, 5.41) is 2.85. The van der Waals surface area contributed by atoms with Gasteiger partial charge in [-0.2, -0.15) is 0 Å². The largest absolute Gasteiger partial charge is 0.381 e. The van der Waals surface area contributed by atoms with Crippen LogP contribution in [0.1, 0.15) is 45.4 Å². The Morgan fingerprint density at radius 2 is 2.12 bits per heavy atom. The number of carbonyl (C=O) groups is 1. The zero-order valence-corrected chi connectivity index (χ0v) is 10.6. The first-order chi connectivity index (χ1) is 8.24. The molecule has 17 heavy (non-hydrogen) atoms. The molecular formula is C13H20N2O2. The molecule has 0 aromatic rings. The number of carbonyl (C=O) groups excluding carboxylic acids is 1. The number of nitrogens with one attached hydrogen (secondary N) is 1. The van der Waals surface area contributed by atoms with Crippen molar-refractivity contribution < 1.29 is 9.53 Å². The average molecular weight is 236 g/mol. The van der Waals surface area contributed by atoms with Crippen molar-refractivity contribution in [1.29, 1.82) is 0 Å². The Bertz CT molecular complexity index is 362. The fourth-order valence-corrected chi connectivity index (χ4v) is 2.41. The van der Waals surface area contributed by atoms with E-state index in [1.54, 1.807) is 7.11 Å². The van der Waals surface area contributed by atoms with Crippen molar-refractivity contribution in [1.82, 2.24) is 5.32 Å². The molecule has 0 unspecified atom stereocenters. The molecule has 0 aromatic heterocycles. The van der Waals surface area contributed by atoms with Gasteiger partial charge >= 0.3 is 0 Å². The molecule has 0 bridgehead atoms. The lowest BCUT2D eigenvalue weighted by molar-refractivity contribution is -0.115. The second-order valence-electron chi connectivity index (χ2n) is 4.65. The van der Waals surface area contributed by atoms with Crippen molar-refractivity contribution in [2.24, 2.45) is 4.99 Å². The minimum absolute atomic E-state index is 0.0145. The smallest absolute Gasteiger partial charge is 0.275 e. The lowest BCUT2D eigenvalue weighted by atomic mass is 9.91. The Labute approximate surface area is 102 Å². The van der Waals surface area contributed by atoms with E-state index >= 15 is 0 Å². The zero-order chi connectivity index (χ0) is 12.3. The van der Waals surface area contributed by atoms with Gasteiger partial charge in [-0.05, 0) is 37.7 Å². The molecular weight excluding hydrogens is 216 g/mol. The molecule has 0 atom stereocenters. The summed E-state index contributed by atoms with van der Waals surface area (Å²) in [4.78, 5) is 16.2. The van der Waals surface area contributed by atoms with Gasteiger partial charge in [0.25, 0.3) is 5.91 Å². The van der Waals surface area contributed by atoms with Crippen molar-refractivity contribution in [2.75, 3.05) is 7.11 Å². The molecule has 0 aromatic carbocycles. The van der Waals surface area contributed by atoms with Gasteiger partial charge in [-0.25, -0.2) is 4.99 Å². The molecule has 1 heterocycles. The molecule has 2 rings (SSSR count). The second kappa shape index (κ2) is 5.45. The Morgan fingerprint density at radius 1 is 1.41 bits per heavy atom. The summed E-state index contributed by atoms with van der Waals surface area (Å²) in [6.07, 6.45) is 6.08. The van der Waals surface area contributed by atoms with Gasteiger partial charge in [-0.15, -0.1) is 0 Å². The number of ether oxygens (including phenoxy) is 1. The second-order valence-corrected chi connectivity index (χ2v) is 4.65. The molecule has 1 N–H and O–H groups in total. The van der Waals surface area contributed by atoms with E-state index in [4.69, 9.17) is 4.74 Å². The number of nitrogens with zero attached hydrogens (tertiary/aromatic N) is 1. The number of rotatable bonds is 3. The Kier molecular flexibility index (Phi) is 3.94. The fourth-order valence-electron chi connectivity index (χ4n) is 2.41. The van der Waals surface area contributed by atoms with Gasteiger partial charge < -0.3 is 10.1 Å². The number of hydrogen-bond acceptors (Lipinski definition) is 3. The van der Waals surface area contributed by atoms with Crippen molar-refractivity contribution in [3.63, 3.8) is 0 Å². The number of amides is 1. The van der Waals surface area contributed by atoms with Gasteiger partial charge in [-0.1, -0.05) is 6.92 Å². The van der Waals surface area contributed by atoms with Crippen LogP contribution in [0.3, 0.4) is 0 Å². The van der Waals surface area contributed by atoms with Gasteiger partial charge in [0.15, 0.2) is 0 Å². The number of methoxy groups -OCH3 is 1. The summed E-state index contributed by atoms with van der Waals surface area (Å²) in [6, 6.07) is 0. The lowest BCUT2D eigenvalue weighted by Gasteiger charge is -2.22. The maximum atomic E-state index is 11.8. The minimum Gasteiger partial charge on any atom is -0.381 e. The van der Waals surface area contributed by atoms with Crippen LogP contribution in [0.15, 0.2) is 16.3 Å².